The van der Waals surface area contributed by atoms with Crippen molar-refractivity contribution < 1.29 is 9.59 Å². The first-order valence-electron chi connectivity index (χ1n) is 9.38. The number of aromatic nitrogens is 2. The molecule has 0 bridgehead atoms. The molecule has 0 spiro atoms. The molecule has 3 N–H and O–H groups in total. The third kappa shape index (κ3) is 4.57. The molecule has 1 aliphatic rings. The van der Waals surface area contributed by atoms with Gasteiger partial charge in [0, 0.05) is 40.2 Å². The van der Waals surface area contributed by atoms with E-state index in [9.17, 15) is 14.4 Å². The Morgan fingerprint density at radius 2 is 1.76 bits per heavy atom. The lowest BCUT2D eigenvalue weighted by atomic mass is 10.1. The molecule has 1 aliphatic carbocycles. The molecule has 1 saturated carbocycles. The average molecular weight is 388 g/mol. The Labute approximate surface area is 167 Å². The second-order valence-electron chi connectivity index (χ2n) is 7.11. The van der Waals surface area contributed by atoms with Crippen LogP contribution in [-0.4, -0.2) is 21.8 Å². The molecule has 7 nitrogen and oxygen atoms in total. The first-order valence-corrected chi connectivity index (χ1v) is 9.38. The molecule has 0 radical (unpaired) electrons. The summed E-state index contributed by atoms with van der Waals surface area (Å²) in [5.41, 5.74) is 2.82. The number of aromatic amines is 1. The van der Waals surface area contributed by atoms with Crippen LogP contribution in [0, 0.1) is 12.8 Å². The zero-order valence-electron chi connectivity index (χ0n) is 15.9. The molecule has 1 heterocycles. The Morgan fingerprint density at radius 1 is 1.00 bits per heavy atom. The largest absolute Gasteiger partial charge is 0.326 e. The Morgan fingerprint density at radius 3 is 2.45 bits per heavy atom. The predicted molar refractivity (Wildman–Crippen MR) is 111 cm³/mol. The van der Waals surface area contributed by atoms with Crippen molar-refractivity contribution in [1.82, 2.24) is 9.97 Å². The Balaban J connectivity index is 1.46. The number of rotatable bonds is 5. The highest BCUT2D eigenvalue weighted by molar-refractivity contribution is 6.05. The lowest BCUT2D eigenvalue weighted by molar-refractivity contribution is -0.117. The maximum absolute atomic E-state index is 12.5. The quantitative estimate of drug-likeness (QED) is 0.623. The fourth-order valence-electron chi connectivity index (χ4n) is 2.96. The van der Waals surface area contributed by atoms with Crippen molar-refractivity contribution in [3.63, 3.8) is 0 Å². The van der Waals surface area contributed by atoms with Crippen LogP contribution < -0.4 is 16.2 Å². The molecule has 4 rings (SSSR count). The zero-order chi connectivity index (χ0) is 20.4. The lowest BCUT2D eigenvalue weighted by Crippen LogP contribution is -2.14. The topological polar surface area (TPSA) is 104 Å². The van der Waals surface area contributed by atoms with E-state index in [2.05, 4.69) is 20.6 Å². The molecule has 0 atom stereocenters. The number of H-pyrrole nitrogens is 1. The van der Waals surface area contributed by atoms with Gasteiger partial charge in [-0.15, -0.1) is 0 Å². The van der Waals surface area contributed by atoms with Gasteiger partial charge in [-0.1, -0.05) is 12.1 Å². The van der Waals surface area contributed by atoms with Gasteiger partial charge in [-0.3, -0.25) is 14.4 Å². The van der Waals surface area contributed by atoms with E-state index >= 15 is 0 Å². The van der Waals surface area contributed by atoms with Gasteiger partial charge in [0.1, 0.15) is 5.82 Å². The average Bonchev–Trinajstić information content (AvgIpc) is 3.53. The van der Waals surface area contributed by atoms with Crippen molar-refractivity contribution in [3.8, 4) is 11.4 Å². The van der Waals surface area contributed by atoms with Crippen LogP contribution in [0.25, 0.3) is 11.4 Å². The number of amides is 2. The fraction of sp³-hybridized carbons (Fsp3) is 0.182. The number of benzene rings is 2. The van der Waals surface area contributed by atoms with Crippen molar-refractivity contribution in [3.05, 3.63) is 76.2 Å². The van der Waals surface area contributed by atoms with E-state index in [1.807, 2.05) is 6.07 Å². The minimum atomic E-state index is -0.270. The molecule has 1 fully saturated rings. The molecule has 1 aromatic heterocycles. The third-order valence-corrected chi connectivity index (χ3v) is 4.63. The van der Waals surface area contributed by atoms with Gasteiger partial charge in [0.05, 0.1) is 0 Å². The number of carbonyl (C=O) groups is 2. The molecule has 2 aromatic carbocycles. The van der Waals surface area contributed by atoms with Gasteiger partial charge >= 0.3 is 0 Å². The van der Waals surface area contributed by atoms with Gasteiger partial charge in [-0.25, -0.2) is 4.98 Å². The van der Waals surface area contributed by atoms with Crippen LogP contribution in [-0.2, 0) is 4.79 Å². The van der Waals surface area contributed by atoms with E-state index < -0.39 is 0 Å². The number of nitrogens with one attached hydrogen (secondary N) is 3. The smallest absolute Gasteiger partial charge is 0.255 e. The normalized spacial score (nSPS) is 13.0. The molecule has 0 unspecified atom stereocenters. The summed E-state index contributed by atoms with van der Waals surface area (Å²) in [6, 6.07) is 15.3. The minimum absolute atomic E-state index is 0.0295. The monoisotopic (exact) mass is 388 g/mol. The van der Waals surface area contributed by atoms with Gasteiger partial charge in [0.2, 0.25) is 5.91 Å². The van der Waals surface area contributed by atoms with Gasteiger partial charge in [-0.05, 0) is 56.2 Å². The zero-order valence-corrected chi connectivity index (χ0v) is 15.9. The van der Waals surface area contributed by atoms with E-state index in [-0.39, 0.29) is 23.3 Å². The molecular formula is C22H20N4O3. The summed E-state index contributed by atoms with van der Waals surface area (Å²) in [6.45, 7) is 1.75. The molecule has 3 aromatic rings. The summed E-state index contributed by atoms with van der Waals surface area (Å²) in [4.78, 5) is 43.1. The Hall–Kier alpha value is -3.74. The second kappa shape index (κ2) is 7.71. The van der Waals surface area contributed by atoms with Crippen LogP contribution in [0.2, 0.25) is 0 Å². The van der Waals surface area contributed by atoms with Crippen LogP contribution in [0.15, 0.2) is 59.4 Å². The Bertz CT molecular complexity index is 1130. The number of hydrogen-bond donors (Lipinski definition) is 3. The molecule has 7 heteroatoms. The second-order valence-corrected chi connectivity index (χ2v) is 7.11. The van der Waals surface area contributed by atoms with Gasteiger partial charge < -0.3 is 15.6 Å². The van der Waals surface area contributed by atoms with Gasteiger partial charge in [-0.2, -0.15) is 0 Å². The van der Waals surface area contributed by atoms with Crippen LogP contribution in [0.4, 0.5) is 11.4 Å². The van der Waals surface area contributed by atoms with Crippen LogP contribution in [0.5, 0.6) is 0 Å². The maximum atomic E-state index is 12.5. The predicted octanol–water partition coefficient (Wildman–Crippen LogP) is 3.35. The Kier molecular flexibility index (Phi) is 4.95. The van der Waals surface area contributed by atoms with Gasteiger partial charge in [0.25, 0.3) is 11.5 Å². The highest BCUT2D eigenvalue weighted by atomic mass is 16.2. The molecule has 0 aliphatic heterocycles. The van der Waals surface area contributed by atoms with Crippen molar-refractivity contribution in [2.24, 2.45) is 5.92 Å². The molecule has 2 amide bonds. The first kappa shape index (κ1) is 18.6. The van der Waals surface area contributed by atoms with Crippen LogP contribution in [0.3, 0.4) is 0 Å². The van der Waals surface area contributed by atoms with Crippen molar-refractivity contribution in [2.75, 3.05) is 10.6 Å². The maximum Gasteiger partial charge on any atom is 0.255 e. The fourth-order valence-corrected chi connectivity index (χ4v) is 2.96. The highest BCUT2D eigenvalue weighted by Crippen LogP contribution is 2.30. The third-order valence-electron chi connectivity index (χ3n) is 4.63. The summed E-state index contributed by atoms with van der Waals surface area (Å²) in [6.07, 6.45) is 1.88. The highest BCUT2D eigenvalue weighted by Gasteiger charge is 2.29. The number of carbonyl (C=O) groups excluding carboxylic acids is 2. The summed E-state index contributed by atoms with van der Waals surface area (Å²) in [5.74, 6) is 0.333. The van der Waals surface area contributed by atoms with Crippen molar-refractivity contribution in [2.45, 2.75) is 19.8 Å². The summed E-state index contributed by atoms with van der Waals surface area (Å²) in [7, 11) is 0. The van der Waals surface area contributed by atoms with Gasteiger partial charge in [0.15, 0.2) is 0 Å². The SMILES string of the molecule is Cc1cc(=O)[nH]c(-c2cccc(NC(=O)c3ccc(NC(=O)C4CC4)cc3)c2)n1. The number of anilines is 2. The number of nitrogens with zero attached hydrogens (tertiary/aromatic N) is 1. The van der Waals surface area contributed by atoms with E-state index in [0.717, 1.165) is 12.8 Å². The minimum Gasteiger partial charge on any atom is -0.326 e. The van der Waals surface area contributed by atoms with E-state index in [1.54, 1.807) is 49.4 Å². The van der Waals surface area contributed by atoms with Crippen molar-refractivity contribution >= 4 is 23.2 Å². The standard InChI is InChI=1S/C22H20N4O3/c1-13-11-19(27)26-20(23-13)16-3-2-4-18(12-16)25-22(29)15-7-9-17(10-8-15)24-21(28)14-5-6-14/h2-4,7-12,14H,5-6H2,1H3,(H,24,28)(H,25,29)(H,23,26,27). The van der Waals surface area contributed by atoms with E-state index in [0.29, 0.717) is 34.0 Å². The number of aryl methyl sites for hydroxylation is 1. The van der Waals surface area contributed by atoms with E-state index in [1.165, 1.54) is 6.07 Å². The summed E-state index contributed by atoms with van der Waals surface area (Å²) >= 11 is 0. The number of hydrogen-bond acceptors (Lipinski definition) is 4. The lowest BCUT2D eigenvalue weighted by Gasteiger charge is -2.09. The van der Waals surface area contributed by atoms with Crippen LogP contribution in [0.1, 0.15) is 28.9 Å². The molecular weight excluding hydrogens is 368 g/mol. The summed E-state index contributed by atoms with van der Waals surface area (Å²) in [5, 5.41) is 5.69. The first-order chi connectivity index (χ1) is 14.0. The summed E-state index contributed by atoms with van der Waals surface area (Å²) < 4.78 is 0. The molecule has 0 saturated heterocycles. The molecule has 146 valence electrons. The van der Waals surface area contributed by atoms with E-state index in [4.69, 9.17) is 0 Å². The van der Waals surface area contributed by atoms with Crippen LogP contribution >= 0.6 is 0 Å². The van der Waals surface area contributed by atoms with Crippen molar-refractivity contribution in [1.29, 1.82) is 0 Å². The molecule has 29 heavy (non-hydrogen) atoms.